The van der Waals surface area contributed by atoms with Gasteiger partial charge in [0.1, 0.15) is 11.6 Å². The van der Waals surface area contributed by atoms with Crippen LogP contribution in [0.2, 0.25) is 0 Å². The van der Waals surface area contributed by atoms with E-state index in [1.165, 1.54) is 0 Å². The van der Waals surface area contributed by atoms with Crippen LogP contribution in [0.15, 0.2) is 30.3 Å². The van der Waals surface area contributed by atoms with E-state index in [-0.39, 0.29) is 12.1 Å². The molecule has 5 heteroatoms. The van der Waals surface area contributed by atoms with Gasteiger partial charge in [-0.15, -0.1) is 0 Å². The Labute approximate surface area is 149 Å². The second-order valence-corrected chi connectivity index (χ2v) is 6.54. The molecule has 1 aliphatic rings. The predicted molar refractivity (Wildman–Crippen MR) is 99.8 cm³/mol. The summed E-state index contributed by atoms with van der Waals surface area (Å²) in [6.45, 7) is 5.88. The Bertz CT molecular complexity index is 719. The van der Waals surface area contributed by atoms with E-state index in [0.29, 0.717) is 0 Å². The van der Waals surface area contributed by atoms with E-state index in [1.807, 2.05) is 25.1 Å². The number of H-pyrrole nitrogens is 1. The first kappa shape index (κ1) is 17.7. The molecule has 1 aromatic carbocycles. The molecule has 0 aliphatic carbocycles. The molecule has 2 aromatic rings. The minimum Gasteiger partial charge on any atom is -0.496 e. The molecule has 0 amide bonds. The van der Waals surface area contributed by atoms with Crippen molar-refractivity contribution in [3.05, 3.63) is 53.1 Å². The fourth-order valence-corrected chi connectivity index (χ4v) is 3.37. The van der Waals surface area contributed by atoms with E-state index < -0.39 is 0 Å². The summed E-state index contributed by atoms with van der Waals surface area (Å²) in [5.41, 5.74) is 3.30. The summed E-state index contributed by atoms with van der Waals surface area (Å²) in [5, 5.41) is 0. The van der Waals surface area contributed by atoms with Crippen molar-refractivity contribution in [3.8, 4) is 5.75 Å². The zero-order chi connectivity index (χ0) is 17.8. The molecule has 1 saturated heterocycles. The zero-order valence-electron chi connectivity index (χ0n) is 15.5. The monoisotopic (exact) mass is 341 g/mol. The van der Waals surface area contributed by atoms with Crippen LogP contribution in [-0.2, 0) is 4.74 Å². The van der Waals surface area contributed by atoms with Gasteiger partial charge < -0.3 is 14.5 Å². The third-order valence-corrected chi connectivity index (χ3v) is 4.94. The van der Waals surface area contributed by atoms with Crippen LogP contribution in [0, 0.1) is 13.8 Å². The molecule has 25 heavy (non-hydrogen) atoms. The molecule has 134 valence electrons. The van der Waals surface area contributed by atoms with Crippen LogP contribution in [-0.4, -0.2) is 48.3 Å². The van der Waals surface area contributed by atoms with Crippen molar-refractivity contribution in [1.82, 2.24) is 14.9 Å². The fourth-order valence-electron chi connectivity index (χ4n) is 3.37. The highest BCUT2D eigenvalue weighted by molar-refractivity contribution is 5.57. The van der Waals surface area contributed by atoms with Gasteiger partial charge in [0.05, 0.1) is 24.9 Å². The van der Waals surface area contributed by atoms with Crippen LogP contribution in [0.4, 0.5) is 0 Å². The lowest BCUT2D eigenvalue weighted by atomic mass is 10.1. The number of benzene rings is 1. The third kappa shape index (κ3) is 3.94. The molecule has 1 fully saturated rings. The van der Waals surface area contributed by atoms with Gasteiger partial charge in [-0.25, -0.2) is 4.98 Å². The Hall–Kier alpha value is -2.11. The maximum absolute atomic E-state index is 5.60. The van der Waals surface area contributed by atoms with Crippen LogP contribution in [0.5, 0.6) is 5.75 Å². The second kappa shape index (κ2) is 7.85. The van der Waals surface area contributed by atoms with Gasteiger partial charge in [0.25, 0.3) is 0 Å². The largest absolute Gasteiger partial charge is 0.496 e. The lowest BCUT2D eigenvalue weighted by Crippen LogP contribution is -2.25. The number of aryl methyl sites for hydroxylation is 2. The van der Waals surface area contributed by atoms with Gasteiger partial charge in [0.2, 0.25) is 0 Å². The van der Waals surface area contributed by atoms with Crippen molar-refractivity contribution in [1.29, 1.82) is 0 Å². The molecule has 0 bridgehead atoms. The molecule has 3 rings (SSSR count). The van der Waals surface area contributed by atoms with Gasteiger partial charge in [0, 0.05) is 31.5 Å². The normalized spacial score (nSPS) is 21.3. The van der Waals surface area contributed by atoms with E-state index in [2.05, 4.69) is 35.0 Å². The van der Waals surface area contributed by atoms with Gasteiger partial charge in [-0.05, 0) is 26.3 Å². The molecule has 0 radical (unpaired) electrons. The van der Waals surface area contributed by atoms with Gasteiger partial charge in [-0.1, -0.05) is 30.4 Å². The van der Waals surface area contributed by atoms with Crippen LogP contribution < -0.4 is 4.74 Å². The van der Waals surface area contributed by atoms with E-state index in [9.17, 15) is 0 Å². The third-order valence-electron chi connectivity index (χ3n) is 4.94. The minimum absolute atomic E-state index is 0.246. The minimum atomic E-state index is 0.246. The first-order valence-electron chi connectivity index (χ1n) is 8.72. The summed E-state index contributed by atoms with van der Waals surface area (Å²) in [4.78, 5) is 10.6. The van der Waals surface area contributed by atoms with Gasteiger partial charge in [-0.2, -0.15) is 0 Å². The molecule has 1 aromatic heterocycles. The smallest absolute Gasteiger partial charge is 0.126 e. The van der Waals surface area contributed by atoms with Crippen LogP contribution in [0.1, 0.15) is 35.2 Å². The molecular weight excluding hydrogens is 314 g/mol. The van der Waals surface area contributed by atoms with Gasteiger partial charge in [0.15, 0.2) is 0 Å². The lowest BCUT2D eigenvalue weighted by Gasteiger charge is -2.20. The van der Waals surface area contributed by atoms with Crippen molar-refractivity contribution < 1.29 is 9.47 Å². The first-order valence-corrected chi connectivity index (χ1v) is 8.72. The van der Waals surface area contributed by atoms with Crippen molar-refractivity contribution >= 4 is 6.08 Å². The number of aromatic nitrogens is 2. The van der Waals surface area contributed by atoms with Crippen molar-refractivity contribution in [2.75, 3.05) is 27.3 Å². The number of rotatable bonds is 6. The number of likely N-dealkylation sites (tertiary alicyclic amines) is 1. The maximum Gasteiger partial charge on any atom is 0.126 e. The summed E-state index contributed by atoms with van der Waals surface area (Å²) in [6.07, 6.45) is 5.52. The molecule has 2 atom stereocenters. The summed E-state index contributed by atoms with van der Waals surface area (Å²) >= 11 is 0. The summed E-state index contributed by atoms with van der Waals surface area (Å²) in [7, 11) is 3.49. The Kier molecular flexibility index (Phi) is 5.56. The number of imidazole rings is 1. The molecule has 2 heterocycles. The van der Waals surface area contributed by atoms with E-state index in [4.69, 9.17) is 14.5 Å². The molecular formula is C20H27N3O2. The van der Waals surface area contributed by atoms with Gasteiger partial charge >= 0.3 is 0 Å². The van der Waals surface area contributed by atoms with Crippen molar-refractivity contribution in [2.24, 2.45) is 0 Å². The van der Waals surface area contributed by atoms with E-state index in [0.717, 1.165) is 48.0 Å². The highest BCUT2D eigenvalue weighted by Crippen LogP contribution is 2.32. The summed E-state index contributed by atoms with van der Waals surface area (Å²) in [6, 6.07) is 8.31. The SMILES string of the molecule is COc1ccccc1/C=C/CN1C[C@H](OC)C[C@H]1c1nc(C)c(C)[nH]1. The predicted octanol–water partition coefficient (Wildman–Crippen LogP) is 3.51. The summed E-state index contributed by atoms with van der Waals surface area (Å²) < 4.78 is 11.0. The number of hydrogen-bond donors (Lipinski definition) is 1. The highest BCUT2D eigenvalue weighted by Gasteiger charge is 2.34. The number of nitrogens with one attached hydrogen (secondary N) is 1. The summed E-state index contributed by atoms with van der Waals surface area (Å²) in [5.74, 6) is 1.93. The molecule has 0 saturated carbocycles. The highest BCUT2D eigenvalue weighted by atomic mass is 16.5. The molecule has 5 nitrogen and oxygen atoms in total. The number of hydrogen-bond acceptors (Lipinski definition) is 4. The van der Waals surface area contributed by atoms with Crippen LogP contribution in [0.25, 0.3) is 6.08 Å². The van der Waals surface area contributed by atoms with Crippen LogP contribution in [0.3, 0.4) is 0 Å². The molecule has 0 unspecified atom stereocenters. The number of nitrogens with zero attached hydrogens (tertiary/aromatic N) is 2. The van der Waals surface area contributed by atoms with E-state index in [1.54, 1.807) is 14.2 Å². The quantitative estimate of drug-likeness (QED) is 0.873. The topological polar surface area (TPSA) is 50.4 Å². The first-order chi connectivity index (χ1) is 12.1. The second-order valence-electron chi connectivity index (χ2n) is 6.54. The Balaban J connectivity index is 1.73. The number of para-hydroxylation sites is 1. The fraction of sp³-hybridized carbons (Fsp3) is 0.450. The van der Waals surface area contributed by atoms with Crippen molar-refractivity contribution in [3.63, 3.8) is 0 Å². The maximum atomic E-state index is 5.60. The average Bonchev–Trinajstić information content (AvgIpc) is 3.18. The molecule has 0 spiro atoms. The number of aromatic amines is 1. The Morgan fingerprint density at radius 1 is 1.28 bits per heavy atom. The average molecular weight is 341 g/mol. The lowest BCUT2D eigenvalue weighted by molar-refractivity contribution is 0.109. The van der Waals surface area contributed by atoms with Gasteiger partial charge in [-0.3, -0.25) is 4.90 Å². The Morgan fingerprint density at radius 3 is 2.76 bits per heavy atom. The standard InChI is InChI=1S/C20H27N3O2/c1-14-15(2)22-20(21-14)18-12-17(24-3)13-23(18)11-7-9-16-8-5-6-10-19(16)25-4/h5-10,17-18H,11-13H2,1-4H3,(H,21,22)/b9-7+/t17-,18+/m1/s1. The van der Waals surface area contributed by atoms with Crippen molar-refractivity contribution in [2.45, 2.75) is 32.4 Å². The zero-order valence-corrected chi connectivity index (χ0v) is 15.5. The number of ether oxygens (including phenoxy) is 2. The number of methoxy groups -OCH3 is 2. The Morgan fingerprint density at radius 2 is 2.08 bits per heavy atom. The van der Waals surface area contributed by atoms with Crippen LogP contribution >= 0.6 is 0 Å². The van der Waals surface area contributed by atoms with E-state index >= 15 is 0 Å². The molecule has 1 N–H and O–H groups in total. The molecule has 1 aliphatic heterocycles.